The average molecular weight is 445 g/mol. The first-order valence-electron chi connectivity index (χ1n) is 9.90. The largest absolute Gasteiger partial charge is 0.508 e. The van der Waals surface area contributed by atoms with Gasteiger partial charge in [0.05, 0.1) is 6.10 Å². The number of hydrogen-bond acceptors (Lipinski definition) is 7. The van der Waals surface area contributed by atoms with Crippen LogP contribution in [0.2, 0.25) is 0 Å². The quantitative estimate of drug-likeness (QED) is 0.259. The Labute approximate surface area is 184 Å². The Morgan fingerprint density at radius 3 is 1.62 bits per heavy atom. The van der Waals surface area contributed by atoms with Crippen molar-refractivity contribution in [2.24, 2.45) is 5.73 Å². The number of rotatable bonds is 10. The van der Waals surface area contributed by atoms with E-state index < -0.39 is 42.0 Å². The van der Waals surface area contributed by atoms with Gasteiger partial charge in [-0.25, -0.2) is 4.79 Å². The standard InChI is InChI=1S/C22H27N3O7/c1-12(26)19(23)21(30)24-17(10-13-2-6-15(27)7-3-13)20(29)25-18(22(31)32)11-14-4-8-16(28)9-5-14/h2-9,12,17-19,26-28H,10-11,23H2,1H3,(H,24,30)(H,25,29)(H,31,32)/t12-,17+,18+,19+/m1/s1. The lowest BCUT2D eigenvalue weighted by atomic mass is 10.0. The van der Waals surface area contributed by atoms with Crippen LogP contribution < -0.4 is 16.4 Å². The van der Waals surface area contributed by atoms with Crippen LogP contribution in [0.3, 0.4) is 0 Å². The molecule has 0 aliphatic heterocycles. The van der Waals surface area contributed by atoms with E-state index in [-0.39, 0.29) is 24.3 Å². The number of amides is 2. The average Bonchev–Trinajstić information content (AvgIpc) is 2.74. The van der Waals surface area contributed by atoms with Gasteiger partial charge in [-0.3, -0.25) is 9.59 Å². The Balaban J connectivity index is 2.19. The number of aliphatic hydroxyl groups is 1. The molecule has 2 amide bonds. The highest BCUT2D eigenvalue weighted by Crippen LogP contribution is 2.13. The van der Waals surface area contributed by atoms with Gasteiger partial charge in [-0.15, -0.1) is 0 Å². The number of nitrogens with one attached hydrogen (secondary N) is 2. The van der Waals surface area contributed by atoms with Crippen molar-refractivity contribution in [2.75, 3.05) is 0 Å². The van der Waals surface area contributed by atoms with Crippen LogP contribution in [0.1, 0.15) is 18.1 Å². The van der Waals surface area contributed by atoms with Crippen LogP contribution in [0.25, 0.3) is 0 Å². The summed E-state index contributed by atoms with van der Waals surface area (Å²) in [4.78, 5) is 37.0. The van der Waals surface area contributed by atoms with Crippen molar-refractivity contribution in [3.63, 3.8) is 0 Å². The van der Waals surface area contributed by atoms with Crippen LogP contribution >= 0.6 is 0 Å². The lowest BCUT2D eigenvalue weighted by Crippen LogP contribution is -2.57. The molecule has 10 heteroatoms. The van der Waals surface area contributed by atoms with Crippen molar-refractivity contribution in [3.05, 3.63) is 59.7 Å². The summed E-state index contributed by atoms with van der Waals surface area (Å²) in [7, 11) is 0. The molecule has 0 aliphatic carbocycles. The van der Waals surface area contributed by atoms with Crippen LogP contribution in [0.5, 0.6) is 11.5 Å². The molecular weight excluding hydrogens is 418 g/mol. The van der Waals surface area contributed by atoms with E-state index in [9.17, 15) is 34.8 Å². The number of carboxylic acid groups (broad SMARTS) is 1. The lowest BCUT2D eigenvalue weighted by molar-refractivity contribution is -0.142. The number of phenolic OH excluding ortho intramolecular Hbond substituents is 2. The van der Waals surface area contributed by atoms with E-state index in [2.05, 4.69) is 10.6 Å². The summed E-state index contributed by atoms with van der Waals surface area (Å²) in [5.41, 5.74) is 6.82. The number of hydrogen-bond donors (Lipinski definition) is 7. The summed E-state index contributed by atoms with van der Waals surface area (Å²) in [5, 5.41) is 42.8. The van der Waals surface area contributed by atoms with Gasteiger partial charge in [0.2, 0.25) is 11.8 Å². The summed E-state index contributed by atoms with van der Waals surface area (Å²) < 4.78 is 0. The summed E-state index contributed by atoms with van der Waals surface area (Å²) >= 11 is 0. The molecule has 2 aromatic rings. The first-order chi connectivity index (χ1) is 15.1. The van der Waals surface area contributed by atoms with Crippen molar-refractivity contribution < 1.29 is 34.8 Å². The van der Waals surface area contributed by atoms with Crippen molar-refractivity contribution >= 4 is 17.8 Å². The summed E-state index contributed by atoms with van der Waals surface area (Å²) in [6.45, 7) is 1.33. The summed E-state index contributed by atoms with van der Waals surface area (Å²) in [6.07, 6.45) is -1.21. The number of benzene rings is 2. The molecule has 0 heterocycles. The predicted octanol–water partition coefficient (Wildman–Crippen LogP) is -0.355. The van der Waals surface area contributed by atoms with Crippen LogP contribution in [0.4, 0.5) is 0 Å². The molecule has 0 unspecified atom stereocenters. The van der Waals surface area contributed by atoms with Gasteiger partial charge in [-0.05, 0) is 42.3 Å². The minimum absolute atomic E-state index is 0.00404. The van der Waals surface area contributed by atoms with Gasteiger partial charge < -0.3 is 36.8 Å². The summed E-state index contributed by atoms with van der Waals surface area (Å²) in [6, 6.07) is 8.07. The Morgan fingerprint density at radius 2 is 1.22 bits per heavy atom. The first kappa shape index (κ1) is 24.6. The predicted molar refractivity (Wildman–Crippen MR) is 115 cm³/mol. The maximum Gasteiger partial charge on any atom is 0.326 e. The zero-order valence-electron chi connectivity index (χ0n) is 17.4. The van der Waals surface area contributed by atoms with Crippen molar-refractivity contribution in [1.82, 2.24) is 10.6 Å². The molecule has 2 aromatic carbocycles. The molecule has 4 atom stereocenters. The fourth-order valence-electron chi connectivity index (χ4n) is 2.90. The molecule has 0 spiro atoms. The molecule has 2 rings (SSSR count). The second-order valence-electron chi connectivity index (χ2n) is 7.47. The van der Waals surface area contributed by atoms with Crippen LogP contribution in [-0.4, -0.2) is 62.4 Å². The van der Waals surface area contributed by atoms with E-state index in [1.54, 1.807) is 12.1 Å². The van der Waals surface area contributed by atoms with Crippen molar-refractivity contribution in [2.45, 2.75) is 44.0 Å². The smallest absolute Gasteiger partial charge is 0.326 e. The van der Waals surface area contributed by atoms with E-state index in [0.29, 0.717) is 11.1 Å². The molecule has 32 heavy (non-hydrogen) atoms. The second-order valence-corrected chi connectivity index (χ2v) is 7.47. The van der Waals surface area contributed by atoms with Gasteiger partial charge in [0.15, 0.2) is 0 Å². The third kappa shape index (κ3) is 7.25. The SMILES string of the molecule is C[C@@H](O)[C@H](N)C(=O)N[C@@H](Cc1ccc(O)cc1)C(=O)N[C@@H](Cc1ccc(O)cc1)C(=O)O. The van der Waals surface area contributed by atoms with E-state index in [4.69, 9.17) is 5.73 Å². The molecule has 172 valence electrons. The number of aliphatic hydroxyl groups excluding tert-OH is 1. The fourth-order valence-corrected chi connectivity index (χ4v) is 2.90. The molecule has 0 aliphatic rings. The van der Waals surface area contributed by atoms with Crippen LogP contribution in [-0.2, 0) is 27.2 Å². The zero-order valence-corrected chi connectivity index (χ0v) is 17.4. The molecule has 10 nitrogen and oxygen atoms in total. The molecule has 0 radical (unpaired) electrons. The Bertz CT molecular complexity index is 930. The van der Waals surface area contributed by atoms with Gasteiger partial charge in [0.1, 0.15) is 29.6 Å². The van der Waals surface area contributed by atoms with Crippen LogP contribution in [0, 0.1) is 0 Å². The van der Waals surface area contributed by atoms with Crippen molar-refractivity contribution in [3.8, 4) is 11.5 Å². The molecule has 0 saturated heterocycles. The monoisotopic (exact) mass is 445 g/mol. The van der Waals surface area contributed by atoms with Gasteiger partial charge >= 0.3 is 5.97 Å². The zero-order chi connectivity index (χ0) is 23.8. The van der Waals surface area contributed by atoms with Crippen LogP contribution in [0.15, 0.2) is 48.5 Å². The molecule has 0 saturated carbocycles. The molecule has 0 fully saturated rings. The Morgan fingerprint density at radius 1 is 0.812 bits per heavy atom. The number of phenols is 2. The van der Waals surface area contributed by atoms with E-state index >= 15 is 0 Å². The van der Waals surface area contributed by atoms with Gasteiger partial charge in [-0.1, -0.05) is 24.3 Å². The highest BCUT2D eigenvalue weighted by molar-refractivity contribution is 5.92. The molecular formula is C22H27N3O7. The molecule has 0 bridgehead atoms. The Hall–Kier alpha value is -3.63. The highest BCUT2D eigenvalue weighted by Gasteiger charge is 2.29. The van der Waals surface area contributed by atoms with E-state index in [0.717, 1.165) is 0 Å². The van der Waals surface area contributed by atoms with Gasteiger partial charge in [-0.2, -0.15) is 0 Å². The topological polar surface area (TPSA) is 182 Å². The number of nitrogens with two attached hydrogens (primary N) is 1. The number of carbonyl (C=O) groups excluding carboxylic acids is 2. The maximum atomic E-state index is 12.9. The van der Waals surface area contributed by atoms with E-state index in [1.165, 1.54) is 43.3 Å². The first-order valence-corrected chi connectivity index (χ1v) is 9.90. The maximum absolute atomic E-state index is 12.9. The highest BCUT2D eigenvalue weighted by atomic mass is 16.4. The molecule has 8 N–H and O–H groups in total. The van der Waals surface area contributed by atoms with Crippen molar-refractivity contribution in [1.29, 1.82) is 0 Å². The number of aliphatic carboxylic acids is 1. The Kier molecular flexibility index (Phi) is 8.56. The third-order valence-corrected chi connectivity index (χ3v) is 4.82. The minimum atomic E-state index is -1.29. The molecule has 0 aromatic heterocycles. The second kappa shape index (κ2) is 11.1. The minimum Gasteiger partial charge on any atom is -0.508 e. The van der Waals surface area contributed by atoms with Gasteiger partial charge in [0.25, 0.3) is 0 Å². The van der Waals surface area contributed by atoms with Gasteiger partial charge in [0, 0.05) is 12.8 Å². The lowest BCUT2D eigenvalue weighted by Gasteiger charge is -2.24. The van der Waals surface area contributed by atoms with E-state index in [1.807, 2.05) is 0 Å². The normalized spacial score (nSPS) is 14.6. The fraction of sp³-hybridized carbons (Fsp3) is 0.318. The number of carboxylic acids is 1. The number of carbonyl (C=O) groups is 3. The number of aromatic hydroxyl groups is 2. The third-order valence-electron chi connectivity index (χ3n) is 4.82. The summed E-state index contributed by atoms with van der Waals surface area (Å²) in [5.74, 6) is -2.76.